The van der Waals surface area contributed by atoms with Crippen LogP contribution in [-0.2, 0) is 4.79 Å². The molecular formula is C15H23NO2S. The third kappa shape index (κ3) is 2.56. The number of nitrogens with zero attached hydrogens (tertiary/aromatic N) is 1. The molecule has 1 aliphatic heterocycles. The zero-order valence-electron chi connectivity index (χ0n) is 12.1. The Hall–Kier alpha value is -0.870. The van der Waals surface area contributed by atoms with Crippen molar-refractivity contribution in [1.82, 2.24) is 4.90 Å². The van der Waals surface area contributed by atoms with E-state index in [1.807, 2.05) is 25.2 Å². The predicted octanol–water partition coefficient (Wildman–Crippen LogP) is 3.55. The monoisotopic (exact) mass is 281 g/mol. The molecule has 1 aromatic rings. The molecule has 2 atom stereocenters. The van der Waals surface area contributed by atoms with E-state index in [-0.39, 0.29) is 5.92 Å². The van der Waals surface area contributed by atoms with Crippen LogP contribution in [0.2, 0.25) is 0 Å². The number of carbonyl (C=O) groups is 1. The summed E-state index contributed by atoms with van der Waals surface area (Å²) in [5.41, 5.74) is -0.569. The van der Waals surface area contributed by atoms with Crippen molar-refractivity contribution in [3.63, 3.8) is 0 Å². The topological polar surface area (TPSA) is 40.5 Å². The van der Waals surface area contributed by atoms with E-state index < -0.39 is 11.4 Å². The Morgan fingerprint density at radius 2 is 2.11 bits per heavy atom. The third-order valence-electron chi connectivity index (χ3n) is 4.58. The van der Waals surface area contributed by atoms with Gasteiger partial charge < -0.3 is 5.11 Å². The lowest BCUT2D eigenvalue weighted by Crippen LogP contribution is -2.39. The molecule has 1 aromatic heterocycles. The fourth-order valence-electron chi connectivity index (χ4n) is 2.94. The Labute approximate surface area is 119 Å². The smallest absolute Gasteiger partial charge is 0.311 e. The van der Waals surface area contributed by atoms with Crippen molar-refractivity contribution in [1.29, 1.82) is 0 Å². The Kier molecular flexibility index (Phi) is 4.02. The molecule has 1 saturated heterocycles. The van der Waals surface area contributed by atoms with E-state index in [1.54, 1.807) is 0 Å². The summed E-state index contributed by atoms with van der Waals surface area (Å²) < 4.78 is 0. The average Bonchev–Trinajstić information content (AvgIpc) is 2.94. The lowest BCUT2D eigenvalue weighted by atomic mass is 9.76. The van der Waals surface area contributed by atoms with Gasteiger partial charge in [0.1, 0.15) is 0 Å². The maximum atomic E-state index is 11.6. The number of hydrogen-bond donors (Lipinski definition) is 1. The highest BCUT2D eigenvalue weighted by Gasteiger charge is 2.48. The first-order valence-corrected chi connectivity index (χ1v) is 7.72. The molecule has 0 aromatic carbocycles. The van der Waals surface area contributed by atoms with Gasteiger partial charge in [0.2, 0.25) is 0 Å². The summed E-state index contributed by atoms with van der Waals surface area (Å²) in [6, 6.07) is 4.62. The number of likely N-dealkylation sites (tertiary alicyclic amines) is 1. The predicted molar refractivity (Wildman–Crippen MR) is 78.6 cm³/mol. The van der Waals surface area contributed by atoms with Crippen molar-refractivity contribution in [3.05, 3.63) is 21.9 Å². The zero-order chi connectivity index (χ0) is 14.2. The first kappa shape index (κ1) is 14.5. The number of aliphatic carboxylic acids is 1. The number of carboxylic acid groups (broad SMARTS) is 1. The molecule has 2 unspecified atom stereocenters. The second-order valence-corrected chi connectivity index (χ2v) is 7.28. The van der Waals surface area contributed by atoms with Gasteiger partial charge in [0.15, 0.2) is 0 Å². The van der Waals surface area contributed by atoms with E-state index in [1.165, 1.54) is 9.75 Å². The summed E-state index contributed by atoms with van der Waals surface area (Å²) >= 11 is 1.81. The van der Waals surface area contributed by atoms with Crippen molar-refractivity contribution >= 4 is 17.3 Å². The van der Waals surface area contributed by atoms with E-state index in [9.17, 15) is 9.90 Å². The number of thiophene rings is 1. The minimum Gasteiger partial charge on any atom is -0.481 e. The highest BCUT2D eigenvalue weighted by Crippen LogP contribution is 2.42. The molecule has 2 heterocycles. The van der Waals surface area contributed by atoms with Crippen LogP contribution in [-0.4, -0.2) is 29.1 Å². The maximum Gasteiger partial charge on any atom is 0.311 e. The minimum absolute atomic E-state index is 0.173. The molecule has 1 N–H and O–H groups in total. The first-order valence-electron chi connectivity index (χ1n) is 6.90. The van der Waals surface area contributed by atoms with Gasteiger partial charge in [-0.05, 0) is 44.9 Å². The van der Waals surface area contributed by atoms with Crippen LogP contribution in [0.3, 0.4) is 0 Å². The van der Waals surface area contributed by atoms with Gasteiger partial charge in [0, 0.05) is 22.3 Å². The van der Waals surface area contributed by atoms with Gasteiger partial charge in [-0.2, -0.15) is 0 Å². The lowest BCUT2D eigenvalue weighted by Gasteiger charge is -2.30. The van der Waals surface area contributed by atoms with Crippen LogP contribution in [0.25, 0.3) is 0 Å². The average molecular weight is 281 g/mol. The summed E-state index contributed by atoms with van der Waals surface area (Å²) in [5.74, 6) is -0.466. The molecule has 2 rings (SSSR count). The molecule has 0 aliphatic carbocycles. The van der Waals surface area contributed by atoms with Crippen LogP contribution >= 0.6 is 11.3 Å². The van der Waals surface area contributed by atoms with Crippen molar-refractivity contribution in [3.8, 4) is 0 Å². The van der Waals surface area contributed by atoms with Gasteiger partial charge in [-0.25, -0.2) is 0 Å². The van der Waals surface area contributed by atoms with Crippen LogP contribution in [0.4, 0.5) is 0 Å². The van der Waals surface area contributed by atoms with Gasteiger partial charge >= 0.3 is 5.97 Å². The van der Waals surface area contributed by atoms with Crippen molar-refractivity contribution < 1.29 is 9.90 Å². The molecule has 0 radical (unpaired) electrons. The number of aryl methyl sites for hydroxylation is 1. The number of carboxylic acids is 1. The van der Waals surface area contributed by atoms with E-state index in [2.05, 4.69) is 30.9 Å². The highest BCUT2D eigenvalue weighted by atomic mass is 32.1. The van der Waals surface area contributed by atoms with Crippen LogP contribution < -0.4 is 0 Å². The van der Waals surface area contributed by atoms with E-state index in [0.717, 1.165) is 13.0 Å². The third-order valence-corrected chi connectivity index (χ3v) is 5.75. The van der Waals surface area contributed by atoms with Crippen LogP contribution in [0.1, 0.15) is 43.0 Å². The molecule has 3 nitrogen and oxygen atoms in total. The van der Waals surface area contributed by atoms with Gasteiger partial charge in [-0.1, -0.05) is 13.8 Å². The fourth-order valence-corrected chi connectivity index (χ4v) is 3.91. The van der Waals surface area contributed by atoms with Gasteiger partial charge in [-0.15, -0.1) is 11.3 Å². The van der Waals surface area contributed by atoms with Crippen molar-refractivity contribution in [2.75, 3.05) is 13.1 Å². The van der Waals surface area contributed by atoms with Crippen LogP contribution in [0.15, 0.2) is 12.1 Å². The van der Waals surface area contributed by atoms with Gasteiger partial charge in [-0.3, -0.25) is 9.69 Å². The Morgan fingerprint density at radius 1 is 1.42 bits per heavy atom. The molecular weight excluding hydrogens is 258 g/mol. The second-order valence-electron chi connectivity index (χ2n) is 5.96. The number of rotatable bonds is 4. The van der Waals surface area contributed by atoms with E-state index in [0.29, 0.717) is 12.6 Å². The summed E-state index contributed by atoms with van der Waals surface area (Å²) in [7, 11) is 0. The molecule has 0 amide bonds. The fraction of sp³-hybridized carbons (Fsp3) is 0.667. The minimum atomic E-state index is -0.639. The van der Waals surface area contributed by atoms with Gasteiger partial charge in [0.25, 0.3) is 0 Å². The Balaban J connectivity index is 2.15. The summed E-state index contributed by atoms with van der Waals surface area (Å²) in [6.07, 6.45) is 0.759. The van der Waals surface area contributed by atoms with Crippen LogP contribution in [0.5, 0.6) is 0 Å². The standard InChI is InChI=1S/C15H23NO2S/c1-10(2)15(14(17)18)7-8-16(9-15)12(4)13-6-5-11(3)19-13/h5-6,10,12H,7-9H2,1-4H3,(H,17,18). The quantitative estimate of drug-likeness (QED) is 0.917. The first-order chi connectivity index (χ1) is 8.86. The summed E-state index contributed by atoms with van der Waals surface area (Å²) in [5, 5.41) is 9.58. The van der Waals surface area contributed by atoms with Crippen molar-refractivity contribution in [2.24, 2.45) is 11.3 Å². The molecule has 19 heavy (non-hydrogen) atoms. The largest absolute Gasteiger partial charge is 0.481 e. The molecule has 106 valence electrons. The maximum absolute atomic E-state index is 11.6. The highest BCUT2D eigenvalue weighted by molar-refractivity contribution is 7.12. The van der Waals surface area contributed by atoms with E-state index in [4.69, 9.17) is 0 Å². The molecule has 1 fully saturated rings. The molecule has 0 bridgehead atoms. The summed E-state index contributed by atoms with van der Waals surface area (Å²) in [6.45, 7) is 9.89. The van der Waals surface area contributed by atoms with Crippen LogP contribution in [0, 0.1) is 18.3 Å². The molecule has 0 saturated carbocycles. The molecule has 4 heteroatoms. The number of hydrogen-bond acceptors (Lipinski definition) is 3. The molecule has 1 aliphatic rings. The summed E-state index contributed by atoms with van der Waals surface area (Å²) in [4.78, 5) is 16.6. The van der Waals surface area contributed by atoms with E-state index >= 15 is 0 Å². The molecule has 0 spiro atoms. The Bertz CT molecular complexity index is 468. The zero-order valence-corrected chi connectivity index (χ0v) is 13.0. The second kappa shape index (κ2) is 5.25. The SMILES string of the molecule is Cc1ccc(C(C)N2CCC(C(=O)O)(C(C)C)C2)s1. The van der Waals surface area contributed by atoms with Crippen molar-refractivity contribution in [2.45, 2.75) is 40.2 Å². The van der Waals surface area contributed by atoms with Gasteiger partial charge in [0.05, 0.1) is 5.41 Å². The lowest BCUT2D eigenvalue weighted by molar-refractivity contribution is -0.151. The Morgan fingerprint density at radius 3 is 2.53 bits per heavy atom. The normalized spacial score (nSPS) is 25.9.